The molecule has 0 radical (unpaired) electrons. The van der Waals surface area contributed by atoms with Gasteiger partial charge in [-0.05, 0) is 40.2 Å². The number of carbonyl (C=O) groups is 2. The molecule has 1 unspecified atom stereocenters. The third kappa shape index (κ3) is 5.25. The average Bonchev–Trinajstić information content (AvgIpc) is 2.90. The van der Waals surface area contributed by atoms with Gasteiger partial charge in [-0.2, -0.15) is 0 Å². The molecule has 1 aromatic heterocycles. The van der Waals surface area contributed by atoms with Crippen molar-refractivity contribution in [2.24, 2.45) is 0 Å². The number of amides is 2. The third-order valence-electron chi connectivity index (χ3n) is 2.92. The summed E-state index contributed by atoms with van der Waals surface area (Å²) >= 11 is 5.07. The quantitative estimate of drug-likeness (QED) is 0.675. The minimum absolute atomic E-state index is 0.225. The van der Waals surface area contributed by atoms with Crippen molar-refractivity contribution in [3.8, 4) is 0 Å². The summed E-state index contributed by atoms with van der Waals surface area (Å²) < 4.78 is 1.08. The molecule has 3 N–H and O–H groups in total. The minimum Gasteiger partial charge on any atom is -0.325 e. The van der Waals surface area contributed by atoms with E-state index in [0.29, 0.717) is 5.56 Å². The van der Waals surface area contributed by atoms with Crippen molar-refractivity contribution >= 4 is 39.1 Å². The number of hydrogen-bond donors (Lipinski definition) is 3. The molecule has 0 fully saturated rings. The van der Waals surface area contributed by atoms with E-state index in [9.17, 15) is 9.59 Å². The Labute approximate surface area is 141 Å². The SMILES string of the molecule is C[NH+](CC(=O)NNC(=O)c1ccccc1)Cc1ccc(Br)s1. The van der Waals surface area contributed by atoms with Crippen molar-refractivity contribution in [3.05, 3.63) is 56.7 Å². The summed E-state index contributed by atoms with van der Waals surface area (Å²) in [6.07, 6.45) is 0. The Morgan fingerprint density at radius 3 is 2.50 bits per heavy atom. The first-order valence-corrected chi connectivity index (χ1v) is 8.35. The van der Waals surface area contributed by atoms with Gasteiger partial charge in [0.15, 0.2) is 6.54 Å². The van der Waals surface area contributed by atoms with Crippen LogP contribution in [0.5, 0.6) is 0 Å². The van der Waals surface area contributed by atoms with Gasteiger partial charge in [0.25, 0.3) is 11.8 Å². The highest BCUT2D eigenvalue weighted by atomic mass is 79.9. The standard InChI is InChI=1S/C15H16BrN3O2S/c1-19(9-12-7-8-13(16)22-12)10-14(20)17-18-15(21)11-5-3-2-4-6-11/h2-8H,9-10H2,1H3,(H,17,20)(H,18,21)/p+1. The van der Waals surface area contributed by atoms with Gasteiger partial charge in [-0.15, -0.1) is 11.3 Å². The highest BCUT2D eigenvalue weighted by molar-refractivity contribution is 9.11. The molecule has 0 spiro atoms. The van der Waals surface area contributed by atoms with E-state index in [-0.39, 0.29) is 18.4 Å². The molecule has 2 amide bonds. The van der Waals surface area contributed by atoms with Crippen LogP contribution in [0.3, 0.4) is 0 Å². The van der Waals surface area contributed by atoms with Gasteiger partial charge in [-0.3, -0.25) is 20.4 Å². The summed E-state index contributed by atoms with van der Waals surface area (Å²) in [7, 11) is 1.94. The molecular weight excluding hydrogens is 366 g/mol. The first kappa shape index (κ1) is 16.7. The molecule has 0 bridgehead atoms. The average molecular weight is 383 g/mol. The van der Waals surface area contributed by atoms with E-state index in [1.165, 1.54) is 4.88 Å². The van der Waals surface area contributed by atoms with Crippen LogP contribution < -0.4 is 15.8 Å². The smallest absolute Gasteiger partial charge is 0.293 e. The van der Waals surface area contributed by atoms with Crippen molar-refractivity contribution < 1.29 is 14.5 Å². The fourth-order valence-corrected chi connectivity index (χ4v) is 3.51. The van der Waals surface area contributed by atoms with Gasteiger partial charge >= 0.3 is 0 Å². The molecule has 0 saturated heterocycles. The van der Waals surface area contributed by atoms with Gasteiger partial charge in [0.1, 0.15) is 6.54 Å². The van der Waals surface area contributed by atoms with Gasteiger partial charge in [0.2, 0.25) is 0 Å². The molecular formula is C15H17BrN3O2S+. The monoisotopic (exact) mass is 382 g/mol. The summed E-state index contributed by atoms with van der Waals surface area (Å²) in [5.74, 6) is -0.550. The maximum Gasteiger partial charge on any atom is 0.293 e. The van der Waals surface area contributed by atoms with Gasteiger partial charge in [0.05, 0.1) is 15.7 Å². The fourth-order valence-electron chi connectivity index (χ4n) is 1.91. The molecule has 116 valence electrons. The van der Waals surface area contributed by atoms with E-state index in [2.05, 4.69) is 26.8 Å². The minimum atomic E-state index is -0.325. The molecule has 1 heterocycles. The van der Waals surface area contributed by atoms with Gasteiger partial charge < -0.3 is 4.90 Å². The number of carbonyl (C=O) groups excluding carboxylic acids is 2. The lowest BCUT2D eigenvalue weighted by Crippen LogP contribution is -3.09. The highest BCUT2D eigenvalue weighted by Gasteiger charge is 2.13. The molecule has 1 atom stereocenters. The van der Waals surface area contributed by atoms with Crippen molar-refractivity contribution in [2.45, 2.75) is 6.54 Å². The van der Waals surface area contributed by atoms with E-state index in [4.69, 9.17) is 0 Å². The second kappa shape index (κ2) is 8.07. The Bertz CT molecular complexity index is 645. The molecule has 0 aliphatic carbocycles. The van der Waals surface area contributed by atoms with Crippen molar-refractivity contribution in [1.82, 2.24) is 10.9 Å². The second-order valence-electron chi connectivity index (χ2n) is 4.88. The molecule has 1 aromatic carbocycles. The molecule has 0 aliphatic heterocycles. The summed E-state index contributed by atoms with van der Waals surface area (Å²) in [5.41, 5.74) is 5.36. The van der Waals surface area contributed by atoms with Crippen LogP contribution in [0.15, 0.2) is 46.3 Å². The Balaban J connectivity index is 1.74. The molecule has 5 nitrogen and oxygen atoms in total. The molecule has 2 rings (SSSR count). The second-order valence-corrected chi connectivity index (χ2v) is 7.43. The Hall–Kier alpha value is -1.70. The number of quaternary nitrogens is 1. The Morgan fingerprint density at radius 2 is 1.86 bits per heavy atom. The maximum absolute atomic E-state index is 11.8. The third-order valence-corrected chi connectivity index (χ3v) is 4.54. The van der Waals surface area contributed by atoms with E-state index in [1.807, 2.05) is 25.2 Å². The number of hydrogen-bond acceptors (Lipinski definition) is 3. The van der Waals surface area contributed by atoms with E-state index in [0.717, 1.165) is 15.2 Å². The number of hydrazine groups is 1. The highest BCUT2D eigenvalue weighted by Crippen LogP contribution is 2.21. The fraction of sp³-hybridized carbons (Fsp3) is 0.200. The van der Waals surface area contributed by atoms with Crippen molar-refractivity contribution in [3.63, 3.8) is 0 Å². The number of likely N-dealkylation sites (N-methyl/N-ethyl adjacent to an activating group) is 1. The number of thiophene rings is 1. The molecule has 7 heteroatoms. The number of halogens is 1. The maximum atomic E-state index is 11.8. The van der Waals surface area contributed by atoms with Gasteiger partial charge in [-0.1, -0.05) is 18.2 Å². The van der Waals surface area contributed by atoms with Crippen LogP contribution in [-0.2, 0) is 11.3 Å². The van der Waals surface area contributed by atoms with E-state index < -0.39 is 0 Å². The summed E-state index contributed by atoms with van der Waals surface area (Å²) in [6.45, 7) is 1.04. The van der Waals surface area contributed by atoms with Gasteiger partial charge in [0, 0.05) is 5.56 Å². The van der Waals surface area contributed by atoms with Crippen LogP contribution in [0, 0.1) is 0 Å². The van der Waals surface area contributed by atoms with E-state index >= 15 is 0 Å². The summed E-state index contributed by atoms with van der Waals surface area (Å²) in [4.78, 5) is 25.9. The molecule has 0 aliphatic rings. The van der Waals surface area contributed by atoms with E-state index in [1.54, 1.807) is 35.6 Å². The molecule has 0 saturated carbocycles. The van der Waals surface area contributed by atoms with Crippen LogP contribution in [0.1, 0.15) is 15.2 Å². The lowest BCUT2D eigenvalue weighted by atomic mass is 10.2. The predicted octanol–water partition coefficient (Wildman–Crippen LogP) is 0.987. The van der Waals surface area contributed by atoms with Crippen molar-refractivity contribution in [2.75, 3.05) is 13.6 Å². The zero-order chi connectivity index (χ0) is 15.9. The lowest BCUT2D eigenvalue weighted by molar-refractivity contribution is -0.885. The zero-order valence-corrected chi connectivity index (χ0v) is 14.5. The first-order chi connectivity index (χ1) is 10.5. The first-order valence-electron chi connectivity index (χ1n) is 6.74. The van der Waals surface area contributed by atoms with Crippen LogP contribution in [0.2, 0.25) is 0 Å². The Kier molecular flexibility index (Phi) is 6.11. The van der Waals surface area contributed by atoms with Crippen molar-refractivity contribution in [1.29, 1.82) is 0 Å². The zero-order valence-electron chi connectivity index (χ0n) is 12.1. The van der Waals surface area contributed by atoms with Crippen LogP contribution in [0.25, 0.3) is 0 Å². The normalized spacial score (nSPS) is 11.7. The largest absolute Gasteiger partial charge is 0.325 e. The molecule has 22 heavy (non-hydrogen) atoms. The molecule has 2 aromatic rings. The number of rotatable bonds is 5. The van der Waals surface area contributed by atoms with Gasteiger partial charge in [-0.25, -0.2) is 0 Å². The predicted molar refractivity (Wildman–Crippen MR) is 89.5 cm³/mol. The number of benzene rings is 1. The summed E-state index contributed by atoms with van der Waals surface area (Å²) in [5, 5.41) is 0. The summed E-state index contributed by atoms with van der Waals surface area (Å²) in [6, 6.07) is 12.8. The van der Waals surface area contributed by atoms with Crippen LogP contribution >= 0.6 is 27.3 Å². The van der Waals surface area contributed by atoms with Crippen LogP contribution in [0.4, 0.5) is 0 Å². The topological polar surface area (TPSA) is 62.6 Å². The Morgan fingerprint density at radius 1 is 1.14 bits per heavy atom. The van der Waals surface area contributed by atoms with Crippen LogP contribution in [-0.4, -0.2) is 25.4 Å². The lowest BCUT2D eigenvalue weighted by Gasteiger charge is -2.13. The number of nitrogens with one attached hydrogen (secondary N) is 3.